The summed E-state index contributed by atoms with van der Waals surface area (Å²) in [6.45, 7) is 8.46. The van der Waals surface area contributed by atoms with Crippen LogP contribution in [0.25, 0.3) is 0 Å². The van der Waals surface area contributed by atoms with Crippen molar-refractivity contribution < 1.29 is 13.2 Å². The van der Waals surface area contributed by atoms with E-state index in [1.54, 1.807) is 0 Å². The number of hydrogen-bond acceptors (Lipinski definition) is 3. The van der Waals surface area contributed by atoms with Gasteiger partial charge >= 0.3 is 0 Å². The van der Waals surface area contributed by atoms with Crippen molar-refractivity contribution in [2.45, 2.75) is 53.1 Å². The highest BCUT2D eigenvalue weighted by molar-refractivity contribution is 7.89. The van der Waals surface area contributed by atoms with Crippen molar-refractivity contribution in [2.24, 2.45) is 10.6 Å². The van der Waals surface area contributed by atoms with Crippen LogP contribution in [0.2, 0.25) is 0 Å². The lowest BCUT2D eigenvalue weighted by Crippen LogP contribution is -2.37. The maximum atomic E-state index is 11.2. The van der Waals surface area contributed by atoms with Crippen molar-refractivity contribution in [3.8, 4) is 0 Å². The molecule has 1 atom stereocenters. The minimum Gasteiger partial charge on any atom is -0.378 e. The molecule has 0 aromatic rings. The zero-order chi connectivity index (χ0) is 12.8. The number of ether oxygens (including phenoxy) is 1. The molecule has 0 aromatic heterocycles. The monoisotopic (exact) mass is 251 g/mol. The number of nitrogens with two attached hydrogens (primary N) is 1. The van der Waals surface area contributed by atoms with Crippen LogP contribution in [0.5, 0.6) is 0 Å². The average molecular weight is 251 g/mol. The smallest absolute Gasteiger partial charge is 0.209 e. The second-order valence-electron chi connectivity index (χ2n) is 4.54. The van der Waals surface area contributed by atoms with E-state index in [0.29, 0.717) is 6.61 Å². The molecule has 0 fully saturated rings. The molecule has 0 aliphatic heterocycles. The second-order valence-corrected chi connectivity index (χ2v) is 6.16. The summed E-state index contributed by atoms with van der Waals surface area (Å²) >= 11 is 0. The van der Waals surface area contributed by atoms with Gasteiger partial charge in [0.05, 0.1) is 18.5 Å². The maximum absolute atomic E-state index is 11.2. The van der Waals surface area contributed by atoms with Crippen LogP contribution in [-0.2, 0) is 14.8 Å². The molecular weight excluding hydrogens is 226 g/mol. The molecular formula is C11H25NO3S. The summed E-state index contributed by atoms with van der Waals surface area (Å²) in [5.74, 6) is 0.00341. The molecule has 0 amide bonds. The average Bonchev–Trinajstić information content (AvgIpc) is 2.22. The minimum absolute atomic E-state index is 0.00341. The molecule has 0 aromatic carbocycles. The molecule has 5 heteroatoms. The van der Waals surface area contributed by atoms with E-state index < -0.39 is 10.0 Å². The summed E-state index contributed by atoms with van der Waals surface area (Å²) in [7, 11) is -3.44. The van der Waals surface area contributed by atoms with E-state index in [4.69, 9.17) is 9.88 Å². The van der Waals surface area contributed by atoms with E-state index in [1.807, 2.05) is 27.7 Å². The molecule has 0 saturated carbocycles. The number of rotatable bonds is 8. The first-order valence-corrected chi connectivity index (χ1v) is 7.62. The lowest BCUT2D eigenvalue weighted by molar-refractivity contribution is 0.00207. The van der Waals surface area contributed by atoms with Crippen LogP contribution in [0, 0.1) is 5.41 Å². The summed E-state index contributed by atoms with van der Waals surface area (Å²) in [6, 6.07) is 0. The van der Waals surface area contributed by atoms with Crippen molar-refractivity contribution >= 4 is 10.0 Å². The van der Waals surface area contributed by atoms with Gasteiger partial charge in [0.1, 0.15) is 0 Å². The highest BCUT2D eigenvalue weighted by atomic mass is 32.2. The van der Waals surface area contributed by atoms with Crippen molar-refractivity contribution in [1.82, 2.24) is 0 Å². The van der Waals surface area contributed by atoms with Gasteiger partial charge in [0.15, 0.2) is 0 Å². The summed E-state index contributed by atoms with van der Waals surface area (Å²) in [5.41, 5.74) is -0.336. The van der Waals surface area contributed by atoms with Gasteiger partial charge in [0, 0.05) is 5.41 Å². The molecule has 1 unspecified atom stereocenters. The topological polar surface area (TPSA) is 69.4 Å². The van der Waals surface area contributed by atoms with E-state index in [2.05, 4.69) is 0 Å². The highest BCUT2D eigenvalue weighted by Crippen LogP contribution is 2.28. The fraction of sp³-hybridized carbons (Fsp3) is 1.00. The Balaban J connectivity index is 4.56. The normalized spacial score (nSPS) is 15.1. The van der Waals surface area contributed by atoms with Gasteiger partial charge in [-0.05, 0) is 26.2 Å². The Bertz CT molecular complexity index is 284. The summed E-state index contributed by atoms with van der Waals surface area (Å²) in [5, 5.41) is 5.13. The molecule has 0 heterocycles. The van der Waals surface area contributed by atoms with Crippen LogP contribution in [-0.4, -0.2) is 26.9 Å². The predicted molar refractivity (Wildman–Crippen MR) is 66.7 cm³/mol. The van der Waals surface area contributed by atoms with Crippen molar-refractivity contribution in [3.05, 3.63) is 0 Å². The summed E-state index contributed by atoms with van der Waals surface area (Å²) in [4.78, 5) is 0. The lowest BCUT2D eigenvalue weighted by Gasteiger charge is -2.31. The van der Waals surface area contributed by atoms with Crippen LogP contribution in [0.1, 0.15) is 47.0 Å². The maximum Gasteiger partial charge on any atom is 0.209 e. The Hall–Kier alpha value is -0.130. The molecule has 4 nitrogen and oxygen atoms in total. The van der Waals surface area contributed by atoms with Crippen molar-refractivity contribution in [3.63, 3.8) is 0 Å². The Labute approximate surface area is 99.6 Å². The first kappa shape index (κ1) is 15.9. The molecule has 0 aliphatic rings. The van der Waals surface area contributed by atoms with Gasteiger partial charge in [-0.25, -0.2) is 13.6 Å². The van der Waals surface area contributed by atoms with Crippen LogP contribution in [0.4, 0.5) is 0 Å². The van der Waals surface area contributed by atoms with Crippen molar-refractivity contribution in [2.75, 3.05) is 12.4 Å². The SMILES string of the molecule is CCC(C)OCC(CC)(CC)CS(N)(=O)=O. The van der Waals surface area contributed by atoms with Crippen LogP contribution >= 0.6 is 0 Å². The summed E-state index contributed by atoms with van der Waals surface area (Å²) < 4.78 is 28.1. The molecule has 0 radical (unpaired) electrons. The van der Waals surface area contributed by atoms with Gasteiger partial charge in [0.2, 0.25) is 10.0 Å². The van der Waals surface area contributed by atoms with Crippen LogP contribution < -0.4 is 5.14 Å². The van der Waals surface area contributed by atoms with Gasteiger partial charge in [-0.15, -0.1) is 0 Å². The number of sulfonamides is 1. The van der Waals surface area contributed by atoms with E-state index >= 15 is 0 Å². The lowest BCUT2D eigenvalue weighted by atomic mass is 9.85. The Kier molecular flexibility index (Phi) is 6.51. The zero-order valence-corrected chi connectivity index (χ0v) is 11.6. The third-order valence-electron chi connectivity index (χ3n) is 3.26. The number of hydrogen-bond donors (Lipinski definition) is 1. The standard InChI is InChI=1S/C11H25NO3S/c1-5-10(4)15-8-11(6-2,7-3)9-16(12,13)14/h10H,5-9H2,1-4H3,(H2,12,13,14). The Morgan fingerprint density at radius 2 is 1.75 bits per heavy atom. The predicted octanol–water partition coefficient (Wildman–Crippen LogP) is 1.90. The molecule has 0 rings (SSSR count). The first-order chi connectivity index (χ1) is 7.28. The quantitative estimate of drug-likeness (QED) is 0.716. The van der Waals surface area contributed by atoms with E-state index in [9.17, 15) is 8.42 Å². The fourth-order valence-electron chi connectivity index (χ4n) is 1.56. The second kappa shape index (κ2) is 6.57. The van der Waals surface area contributed by atoms with Crippen molar-refractivity contribution in [1.29, 1.82) is 0 Å². The molecule has 98 valence electrons. The van der Waals surface area contributed by atoms with Crippen LogP contribution in [0.15, 0.2) is 0 Å². The molecule has 0 saturated heterocycles. The first-order valence-electron chi connectivity index (χ1n) is 5.90. The third-order valence-corrected chi connectivity index (χ3v) is 4.27. The van der Waals surface area contributed by atoms with Crippen LogP contribution in [0.3, 0.4) is 0 Å². The zero-order valence-electron chi connectivity index (χ0n) is 10.8. The Morgan fingerprint density at radius 3 is 2.06 bits per heavy atom. The van der Waals surface area contributed by atoms with Gasteiger partial charge in [-0.2, -0.15) is 0 Å². The fourth-order valence-corrected chi connectivity index (χ4v) is 2.91. The molecule has 0 aliphatic carbocycles. The molecule has 2 N–H and O–H groups in total. The van der Waals surface area contributed by atoms with Gasteiger partial charge in [-0.1, -0.05) is 20.8 Å². The molecule has 0 spiro atoms. The number of primary sulfonamides is 1. The molecule has 16 heavy (non-hydrogen) atoms. The summed E-state index contributed by atoms with van der Waals surface area (Å²) in [6.07, 6.45) is 2.61. The van der Waals surface area contributed by atoms with E-state index in [1.165, 1.54) is 0 Å². The highest BCUT2D eigenvalue weighted by Gasteiger charge is 2.31. The minimum atomic E-state index is -3.44. The largest absolute Gasteiger partial charge is 0.378 e. The molecule has 0 bridgehead atoms. The van der Waals surface area contributed by atoms with Gasteiger partial charge in [-0.3, -0.25) is 0 Å². The van der Waals surface area contributed by atoms with Gasteiger partial charge in [0.25, 0.3) is 0 Å². The third kappa shape index (κ3) is 5.82. The Morgan fingerprint density at radius 1 is 1.25 bits per heavy atom. The van der Waals surface area contributed by atoms with E-state index in [0.717, 1.165) is 19.3 Å². The van der Waals surface area contributed by atoms with Gasteiger partial charge < -0.3 is 4.74 Å². The van der Waals surface area contributed by atoms with E-state index in [-0.39, 0.29) is 17.3 Å².